The molecule has 0 bridgehead atoms. The molecular formula is C26H30N4O2. The zero-order valence-electron chi connectivity index (χ0n) is 18.7. The first-order chi connectivity index (χ1) is 15.3. The monoisotopic (exact) mass is 430 g/mol. The second kappa shape index (κ2) is 9.02. The molecule has 2 aromatic carbocycles. The van der Waals surface area contributed by atoms with Crippen molar-refractivity contribution in [3.8, 4) is 0 Å². The fraction of sp³-hybridized carbons (Fsp3) is 0.269. The van der Waals surface area contributed by atoms with Crippen LogP contribution in [-0.4, -0.2) is 26.7 Å². The summed E-state index contributed by atoms with van der Waals surface area (Å²) in [7, 11) is 0. The normalized spacial score (nSPS) is 11.7. The van der Waals surface area contributed by atoms with Gasteiger partial charge in [-0.15, -0.1) is 0 Å². The predicted molar refractivity (Wildman–Crippen MR) is 130 cm³/mol. The van der Waals surface area contributed by atoms with Crippen molar-refractivity contribution < 1.29 is 10.2 Å². The summed E-state index contributed by atoms with van der Waals surface area (Å²) in [5, 5.41) is 27.7. The van der Waals surface area contributed by atoms with Gasteiger partial charge < -0.3 is 25.8 Å². The highest BCUT2D eigenvalue weighted by molar-refractivity contribution is 5.86. The van der Waals surface area contributed by atoms with Crippen molar-refractivity contribution in [1.82, 2.24) is 9.97 Å². The zero-order chi connectivity index (χ0) is 22.7. The Kier molecular flexibility index (Phi) is 6.17. The molecule has 4 aromatic rings. The molecule has 0 spiro atoms. The lowest BCUT2D eigenvalue weighted by molar-refractivity contribution is 0.0800. The maximum absolute atomic E-state index is 10.4. The molecule has 0 saturated carbocycles. The molecule has 0 aliphatic heterocycles. The van der Waals surface area contributed by atoms with E-state index in [1.807, 2.05) is 50.4 Å². The Hall–Kier alpha value is -3.35. The molecule has 0 unspecified atom stereocenters. The van der Waals surface area contributed by atoms with Crippen LogP contribution in [0, 0.1) is 6.92 Å². The molecule has 0 aliphatic carbocycles. The maximum Gasteiger partial charge on any atom is 0.0860 e. The van der Waals surface area contributed by atoms with Gasteiger partial charge in [-0.3, -0.25) is 4.98 Å². The average molecular weight is 431 g/mol. The third kappa shape index (κ3) is 4.77. The Balaban J connectivity index is 1.41. The minimum atomic E-state index is -0.886. The molecule has 2 aromatic heterocycles. The maximum atomic E-state index is 10.4. The minimum absolute atomic E-state index is 0.0765. The lowest BCUT2D eigenvalue weighted by Gasteiger charge is -2.18. The van der Waals surface area contributed by atoms with Crippen molar-refractivity contribution in [3.05, 3.63) is 83.3 Å². The Morgan fingerprint density at radius 2 is 1.88 bits per heavy atom. The van der Waals surface area contributed by atoms with Gasteiger partial charge in [0.1, 0.15) is 0 Å². The summed E-state index contributed by atoms with van der Waals surface area (Å²) in [5.41, 5.74) is 7.02. The molecule has 0 atom stereocenters. The van der Waals surface area contributed by atoms with E-state index < -0.39 is 5.60 Å². The molecule has 166 valence electrons. The number of fused-ring (bicyclic) bond motifs is 1. The molecule has 6 nitrogen and oxygen atoms in total. The van der Waals surface area contributed by atoms with Crippen LogP contribution in [0.25, 0.3) is 10.9 Å². The van der Waals surface area contributed by atoms with E-state index in [4.69, 9.17) is 0 Å². The van der Waals surface area contributed by atoms with Crippen LogP contribution in [0.2, 0.25) is 0 Å². The topological polar surface area (TPSA) is 93.2 Å². The summed E-state index contributed by atoms with van der Waals surface area (Å²) >= 11 is 0. The van der Waals surface area contributed by atoms with Gasteiger partial charge in [0, 0.05) is 47.0 Å². The Morgan fingerprint density at radius 3 is 2.62 bits per heavy atom. The largest absolute Gasteiger partial charge is 0.390 e. The summed E-state index contributed by atoms with van der Waals surface area (Å²) in [4.78, 5) is 7.45. The molecule has 4 rings (SSSR count). The van der Waals surface area contributed by atoms with Gasteiger partial charge in [-0.2, -0.15) is 0 Å². The molecule has 2 heterocycles. The average Bonchev–Trinajstić information content (AvgIpc) is 3.18. The number of nitrogens with zero attached hydrogens (tertiary/aromatic N) is 1. The molecule has 0 saturated heterocycles. The van der Waals surface area contributed by atoms with Gasteiger partial charge in [0.25, 0.3) is 0 Å². The summed E-state index contributed by atoms with van der Waals surface area (Å²) in [6.45, 7) is 6.43. The Morgan fingerprint density at radius 1 is 1.06 bits per heavy atom. The predicted octanol–water partition coefficient (Wildman–Crippen LogP) is 4.99. The van der Waals surface area contributed by atoms with E-state index in [9.17, 15) is 10.2 Å². The fourth-order valence-electron chi connectivity index (χ4n) is 4.01. The number of aliphatic hydroxyl groups is 2. The molecular weight excluding hydrogens is 400 g/mol. The standard InChI is InChI=1S/C26H30N4O2/c1-17-13-19(30-20-10-12-27-21(14-20)16-31)7-8-24(17)28-11-9-18-15-29-25-22(18)5-4-6-23(25)26(2,3)32/h4-8,10,12-15,28-29,31-32H,9,11,16H2,1-3H3,(H,27,30). The quantitative estimate of drug-likeness (QED) is 0.272. The summed E-state index contributed by atoms with van der Waals surface area (Å²) in [5.74, 6) is 0. The van der Waals surface area contributed by atoms with E-state index in [1.54, 1.807) is 6.20 Å². The van der Waals surface area contributed by atoms with E-state index in [-0.39, 0.29) is 6.61 Å². The van der Waals surface area contributed by atoms with Crippen LogP contribution >= 0.6 is 0 Å². The van der Waals surface area contributed by atoms with E-state index in [0.29, 0.717) is 5.69 Å². The highest BCUT2D eigenvalue weighted by Crippen LogP contribution is 2.30. The van der Waals surface area contributed by atoms with Gasteiger partial charge in [-0.1, -0.05) is 18.2 Å². The number of nitrogens with one attached hydrogen (secondary N) is 3. The lowest BCUT2D eigenvalue weighted by Crippen LogP contribution is -2.15. The van der Waals surface area contributed by atoms with Gasteiger partial charge in [0.05, 0.1) is 23.4 Å². The third-order valence-corrected chi connectivity index (χ3v) is 5.66. The van der Waals surface area contributed by atoms with Crippen LogP contribution in [-0.2, 0) is 18.6 Å². The number of H-pyrrole nitrogens is 1. The highest BCUT2D eigenvalue weighted by Gasteiger charge is 2.20. The van der Waals surface area contributed by atoms with Crippen molar-refractivity contribution in [3.63, 3.8) is 0 Å². The van der Waals surface area contributed by atoms with Crippen molar-refractivity contribution in [1.29, 1.82) is 0 Å². The van der Waals surface area contributed by atoms with Crippen LogP contribution in [0.15, 0.2) is 60.9 Å². The summed E-state index contributed by atoms with van der Waals surface area (Å²) in [6.07, 6.45) is 4.60. The number of pyridine rings is 1. The van der Waals surface area contributed by atoms with Crippen molar-refractivity contribution in [2.24, 2.45) is 0 Å². The van der Waals surface area contributed by atoms with Crippen molar-refractivity contribution in [2.45, 2.75) is 39.4 Å². The molecule has 5 N–H and O–H groups in total. The van der Waals surface area contributed by atoms with E-state index in [2.05, 4.69) is 45.7 Å². The number of aromatic nitrogens is 2. The van der Waals surface area contributed by atoms with Gasteiger partial charge in [0.15, 0.2) is 0 Å². The van der Waals surface area contributed by atoms with Crippen LogP contribution in [0.5, 0.6) is 0 Å². The second-order valence-corrected chi connectivity index (χ2v) is 8.63. The fourth-order valence-corrected chi connectivity index (χ4v) is 4.01. The number of para-hydroxylation sites is 1. The first kappa shape index (κ1) is 21.9. The number of aryl methyl sites for hydroxylation is 1. The van der Waals surface area contributed by atoms with E-state index in [1.165, 1.54) is 5.56 Å². The summed E-state index contributed by atoms with van der Waals surface area (Å²) < 4.78 is 0. The molecule has 32 heavy (non-hydrogen) atoms. The van der Waals surface area contributed by atoms with Gasteiger partial charge in [-0.25, -0.2) is 0 Å². The van der Waals surface area contributed by atoms with Crippen molar-refractivity contribution in [2.75, 3.05) is 17.2 Å². The number of hydrogen-bond donors (Lipinski definition) is 5. The zero-order valence-corrected chi connectivity index (χ0v) is 18.7. The van der Waals surface area contributed by atoms with Crippen LogP contribution < -0.4 is 10.6 Å². The van der Waals surface area contributed by atoms with Gasteiger partial charge >= 0.3 is 0 Å². The number of rotatable bonds is 8. The number of benzene rings is 2. The van der Waals surface area contributed by atoms with Gasteiger partial charge in [-0.05, 0) is 68.7 Å². The number of hydrogen-bond acceptors (Lipinski definition) is 5. The number of aromatic amines is 1. The van der Waals surface area contributed by atoms with Gasteiger partial charge in [0.2, 0.25) is 0 Å². The van der Waals surface area contributed by atoms with Crippen LogP contribution in [0.1, 0.15) is 36.2 Å². The SMILES string of the molecule is Cc1cc(Nc2ccnc(CO)c2)ccc1NCCc1c[nH]c2c(C(C)(C)O)cccc12. The number of anilines is 3. The highest BCUT2D eigenvalue weighted by atomic mass is 16.3. The van der Waals surface area contributed by atoms with Crippen LogP contribution in [0.4, 0.5) is 17.1 Å². The van der Waals surface area contributed by atoms with Crippen molar-refractivity contribution >= 4 is 28.0 Å². The van der Waals surface area contributed by atoms with Crippen LogP contribution in [0.3, 0.4) is 0 Å². The smallest absolute Gasteiger partial charge is 0.0860 e. The first-order valence-electron chi connectivity index (χ1n) is 10.8. The Bertz CT molecular complexity index is 1220. The van der Waals surface area contributed by atoms with E-state index >= 15 is 0 Å². The Labute approximate surface area is 188 Å². The molecule has 0 amide bonds. The lowest BCUT2D eigenvalue weighted by atomic mass is 9.95. The molecule has 0 radical (unpaired) electrons. The molecule has 0 aliphatic rings. The second-order valence-electron chi connectivity index (χ2n) is 8.63. The molecule has 0 fully saturated rings. The minimum Gasteiger partial charge on any atom is -0.390 e. The third-order valence-electron chi connectivity index (χ3n) is 5.66. The summed E-state index contributed by atoms with van der Waals surface area (Å²) in [6, 6.07) is 16.0. The first-order valence-corrected chi connectivity index (χ1v) is 10.8. The number of aliphatic hydroxyl groups excluding tert-OH is 1. The van der Waals surface area contributed by atoms with E-state index in [0.717, 1.165) is 52.1 Å². The molecule has 6 heteroatoms.